The third-order valence-corrected chi connectivity index (χ3v) is 6.54. The third-order valence-electron chi connectivity index (χ3n) is 4.61. The van der Waals surface area contributed by atoms with Gasteiger partial charge in [0.15, 0.2) is 0 Å². The molecule has 0 spiro atoms. The Kier molecular flexibility index (Phi) is 5.60. The van der Waals surface area contributed by atoms with Gasteiger partial charge in [0.2, 0.25) is 10.0 Å². The van der Waals surface area contributed by atoms with Gasteiger partial charge in [0, 0.05) is 19.0 Å². The second-order valence-electron chi connectivity index (χ2n) is 6.60. The Morgan fingerprint density at radius 1 is 1.19 bits per heavy atom. The predicted octanol–water partition coefficient (Wildman–Crippen LogP) is 3.35. The summed E-state index contributed by atoms with van der Waals surface area (Å²) in [6.45, 7) is 3.39. The molecule has 6 heteroatoms. The topological polar surface area (TPSA) is 70.4 Å². The van der Waals surface area contributed by atoms with Crippen LogP contribution in [0.5, 0.6) is 5.75 Å². The van der Waals surface area contributed by atoms with E-state index in [1.165, 1.54) is 22.0 Å². The van der Waals surface area contributed by atoms with Crippen molar-refractivity contribution in [3.63, 3.8) is 0 Å². The van der Waals surface area contributed by atoms with Crippen LogP contribution in [0.2, 0.25) is 0 Å². The van der Waals surface area contributed by atoms with E-state index in [1.54, 1.807) is 12.1 Å². The largest absolute Gasteiger partial charge is 0.493 e. The molecule has 26 heavy (non-hydrogen) atoms. The van der Waals surface area contributed by atoms with Gasteiger partial charge in [-0.15, -0.1) is 0 Å². The van der Waals surface area contributed by atoms with Gasteiger partial charge in [0.1, 0.15) is 11.8 Å². The van der Waals surface area contributed by atoms with E-state index in [0.29, 0.717) is 19.7 Å². The van der Waals surface area contributed by atoms with Gasteiger partial charge in [0.05, 0.1) is 17.1 Å². The molecule has 1 atom stereocenters. The molecule has 1 aliphatic heterocycles. The zero-order valence-corrected chi connectivity index (χ0v) is 15.6. The van der Waals surface area contributed by atoms with Crippen LogP contribution in [-0.4, -0.2) is 32.4 Å². The molecule has 0 radical (unpaired) electrons. The maximum atomic E-state index is 13.0. The summed E-state index contributed by atoms with van der Waals surface area (Å²) in [4.78, 5) is 0.0857. The van der Waals surface area contributed by atoms with E-state index in [0.717, 1.165) is 18.6 Å². The summed E-state index contributed by atoms with van der Waals surface area (Å²) in [6.07, 6.45) is 1.72. The molecule has 5 nitrogen and oxygen atoms in total. The molecule has 2 aromatic carbocycles. The number of hydrogen-bond donors (Lipinski definition) is 0. The lowest BCUT2D eigenvalue weighted by molar-refractivity contribution is 0.180. The minimum Gasteiger partial charge on any atom is -0.493 e. The van der Waals surface area contributed by atoms with Crippen LogP contribution in [0.15, 0.2) is 53.4 Å². The number of ether oxygens (including phenoxy) is 1. The molecule has 0 aromatic heterocycles. The fraction of sp³-hybridized carbons (Fsp3) is 0.350. The number of aryl methyl sites for hydroxylation is 1. The monoisotopic (exact) mass is 370 g/mol. The first-order valence-corrected chi connectivity index (χ1v) is 10.1. The molecule has 0 bridgehead atoms. The molecule has 0 N–H and O–H groups in total. The SMILES string of the molecule is Cc1ccc(OCC2CCCN(S(=O)(=O)c3ccccc3C#N)C2)cc1. The number of sulfonamides is 1. The maximum Gasteiger partial charge on any atom is 0.244 e. The molecule has 0 amide bonds. The number of nitrogens with zero attached hydrogens (tertiary/aromatic N) is 2. The van der Waals surface area contributed by atoms with Crippen LogP contribution in [0.3, 0.4) is 0 Å². The molecule has 0 saturated carbocycles. The lowest BCUT2D eigenvalue weighted by Crippen LogP contribution is -2.41. The predicted molar refractivity (Wildman–Crippen MR) is 99.3 cm³/mol. The molecule has 1 heterocycles. The van der Waals surface area contributed by atoms with Crippen LogP contribution in [0.4, 0.5) is 0 Å². The number of piperidine rings is 1. The van der Waals surface area contributed by atoms with Crippen molar-refractivity contribution < 1.29 is 13.2 Å². The Morgan fingerprint density at radius 2 is 1.92 bits per heavy atom. The van der Waals surface area contributed by atoms with E-state index in [2.05, 4.69) is 0 Å². The minimum absolute atomic E-state index is 0.0857. The maximum absolute atomic E-state index is 13.0. The molecule has 1 fully saturated rings. The van der Waals surface area contributed by atoms with Gasteiger partial charge in [-0.05, 0) is 44.0 Å². The summed E-state index contributed by atoms with van der Waals surface area (Å²) in [5.74, 6) is 0.930. The van der Waals surface area contributed by atoms with E-state index >= 15 is 0 Å². The van der Waals surface area contributed by atoms with Gasteiger partial charge in [-0.3, -0.25) is 0 Å². The van der Waals surface area contributed by atoms with E-state index in [-0.39, 0.29) is 16.4 Å². The average Bonchev–Trinajstić information content (AvgIpc) is 2.67. The van der Waals surface area contributed by atoms with Crippen molar-refractivity contribution in [3.8, 4) is 11.8 Å². The van der Waals surface area contributed by atoms with E-state index in [4.69, 9.17) is 4.74 Å². The molecular formula is C20H22N2O3S. The molecule has 3 rings (SSSR count). The van der Waals surface area contributed by atoms with E-state index in [1.807, 2.05) is 37.3 Å². The van der Waals surface area contributed by atoms with Crippen LogP contribution in [0.25, 0.3) is 0 Å². The fourth-order valence-corrected chi connectivity index (χ4v) is 4.85. The molecule has 1 aliphatic rings. The summed E-state index contributed by atoms with van der Waals surface area (Å²) in [7, 11) is -3.67. The Bertz CT molecular complexity index is 901. The van der Waals surface area contributed by atoms with Crippen molar-refractivity contribution in [2.75, 3.05) is 19.7 Å². The normalized spacial score (nSPS) is 18.2. The molecule has 136 valence electrons. The molecule has 2 aromatic rings. The van der Waals surface area contributed by atoms with Crippen molar-refractivity contribution in [1.29, 1.82) is 5.26 Å². The molecule has 1 saturated heterocycles. The van der Waals surface area contributed by atoms with Crippen LogP contribution >= 0.6 is 0 Å². The lowest BCUT2D eigenvalue weighted by Gasteiger charge is -2.32. The van der Waals surface area contributed by atoms with Crippen molar-refractivity contribution >= 4 is 10.0 Å². The van der Waals surface area contributed by atoms with Gasteiger partial charge >= 0.3 is 0 Å². The van der Waals surface area contributed by atoms with Crippen LogP contribution in [0, 0.1) is 24.2 Å². The van der Waals surface area contributed by atoms with Gasteiger partial charge < -0.3 is 4.74 Å². The van der Waals surface area contributed by atoms with Gasteiger partial charge in [-0.2, -0.15) is 9.57 Å². The van der Waals surface area contributed by atoms with Gasteiger partial charge in [0.25, 0.3) is 0 Å². The second-order valence-corrected chi connectivity index (χ2v) is 8.51. The number of hydrogen-bond acceptors (Lipinski definition) is 4. The van der Waals surface area contributed by atoms with E-state index in [9.17, 15) is 13.7 Å². The molecular weight excluding hydrogens is 348 g/mol. The van der Waals surface area contributed by atoms with Gasteiger partial charge in [-0.1, -0.05) is 29.8 Å². The lowest BCUT2D eigenvalue weighted by atomic mass is 10.0. The highest BCUT2D eigenvalue weighted by atomic mass is 32.2. The summed E-state index contributed by atoms with van der Waals surface area (Å²) >= 11 is 0. The zero-order valence-electron chi connectivity index (χ0n) is 14.8. The van der Waals surface area contributed by atoms with Crippen LogP contribution < -0.4 is 4.74 Å². The summed E-state index contributed by atoms with van der Waals surface area (Å²) in [5, 5.41) is 9.21. The van der Waals surface area contributed by atoms with Crippen molar-refractivity contribution in [2.24, 2.45) is 5.92 Å². The molecule has 1 unspecified atom stereocenters. The third kappa shape index (κ3) is 4.06. The number of rotatable bonds is 5. The number of benzene rings is 2. The van der Waals surface area contributed by atoms with Crippen LogP contribution in [-0.2, 0) is 10.0 Å². The first-order chi connectivity index (χ1) is 12.5. The minimum atomic E-state index is -3.67. The standard InChI is InChI=1S/C20H22N2O3S/c1-16-8-10-19(11-9-16)25-15-17-5-4-12-22(14-17)26(23,24)20-7-3-2-6-18(20)13-21/h2-3,6-11,17H,4-5,12,14-15H2,1H3. The van der Waals surface area contributed by atoms with Crippen molar-refractivity contribution in [2.45, 2.75) is 24.7 Å². The fourth-order valence-electron chi connectivity index (χ4n) is 3.15. The van der Waals surface area contributed by atoms with E-state index < -0.39 is 10.0 Å². The summed E-state index contributed by atoms with van der Waals surface area (Å²) in [5.41, 5.74) is 1.36. The first-order valence-electron chi connectivity index (χ1n) is 8.69. The number of nitriles is 1. The van der Waals surface area contributed by atoms with Gasteiger partial charge in [-0.25, -0.2) is 8.42 Å². The Balaban J connectivity index is 1.69. The highest BCUT2D eigenvalue weighted by Crippen LogP contribution is 2.26. The first kappa shape index (κ1) is 18.4. The Hall–Kier alpha value is -2.36. The zero-order chi connectivity index (χ0) is 18.6. The highest BCUT2D eigenvalue weighted by Gasteiger charge is 2.32. The smallest absolute Gasteiger partial charge is 0.244 e. The molecule has 0 aliphatic carbocycles. The van der Waals surface area contributed by atoms with Crippen molar-refractivity contribution in [3.05, 3.63) is 59.7 Å². The highest BCUT2D eigenvalue weighted by molar-refractivity contribution is 7.89. The summed E-state index contributed by atoms with van der Waals surface area (Å²) in [6, 6.07) is 16.2. The average molecular weight is 370 g/mol. The van der Waals surface area contributed by atoms with Crippen molar-refractivity contribution in [1.82, 2.24) is 4.31 Å². The Labute approximate surface area is 154 Å². The second kappa shape index (κ2) is 7.90. The quantitative estimate of drug-likeness (QED) is 0.809. The summed E-state index contributed by atoms with van der Waals surface area (Å²) < 4.78 is 33.2. The van der Waals surface area contributed by atoms with Crippen LogP contribution in [0.1, 0.15) is 24.0 Å². The Morgan fingerprint density at radius 3 is 2.65 bits per heavy atom.